The van der Waals surface area contributed by atoms with Crippen LogP contribution in [0.3, 0.4) is 0 Å². The second-order valence-corrected chi connectivity index (χ2v) is 24.3. The Morgan fingerprint density at radius 2 is 1.55 bits per heavy atom. The fraction of sp³-hybridized carbons (Fsp3) is 0.171. The van der Waals surface area contributed by atoms with Crippen molar-refractivity contribution in [3.8, 4) is 33.6 Å². The summed E-state index contributed by atoms with van der Waals surface area (Å²) in [6.07, 6.45) is 3.81. The molecule has 0 spiro atoms. The topological polar surface area (TPSA) is 25.8 Å². The molecule has 239 valence electrons. The van der Waals surface area contributed by atoms with Crippen LogP contribution in [0, 0.1) is 24.9 Å². The molecule has 7 rings (SSSR count). The standard InChI is InChI=1S/C26H19FNS.C15H18GeN.Ir/c1-16(2)18-11-12-28-24(15-18)21-10-6-9-20-22-13-19(17-7-4-3-5-8-17)14-23(27)26(22)29-25(20)21;1-12-10-15(13-8-6-5-7-9-13)17-11-14(12)16(2,3)4;/h3-9,11-16H,1-2H3;5-8,10-11H,1-4H3;/q2*-1;/i16D;;. The minimum atomic E-state index is -1.77. The van der Waals surface area contributed by atoms with Crippen LogP contribution in [0.4, 0.5) is 4.39 Å². The van der Waals surface area contributed by atoms with Crippen molar-refractivity contribution < 1.29 is 25.9 Å². The number of pyridine rings is 2. The number of aromatic nitrogens is 2. The van der Waals surface area contributed by atoms with Crippen LogP contribution in [0.1, 0.15) is 32.2 Å². The normalized spacial score (nSPS) is 11.9. The van der Waals surface area contributed by atoms with Gasteiger partial charge in [-0.3, -0.25) is 0 Å². The summed E-state index contributed by atoms with van der Waals surface area (Å²) >= 11 is -0.339. The van der Waals surface area contributed by atoms with Gasteiger partial charge >= 0.3 is 106 Å². The third-order valence-corrected chi connectivity index (χ3v) is 13.8. The average Bonchev–Trinajstić information content (AvgIpc) is 3.44. The van der Waals surface area contributed by atoms with E-state index in [9.17, 15) is 0 Å². The predicted molar refractivity (Wildman–Crippen MR) is 197 cm³/mol. The van der Waals surface area contributed by atoms with Crippen LogP contribution in [0.5, 0.6) is 0 Å². The molecule has 0 unspecified atom stereocenters. The van der Waals surface area contributed by atoms with E-state index in [4.69, 9.17) is 1.37 Å². The molecule has 0 bridgehead atoms. The number of rotatable bonds is 5. The Labute approximate surface area is 299 Å². The van der Waals surface area contributed by atoms with E-state index in [1.165, 1.54) is 21.3 Å². The zero-order valence-electron chi connectivity index (χ0n) is 28.4. The summed E-state index contributed by atoms with van der Waals surface area (Å²) in [4.78, 5) is 9.12. The van der Waals surface area contributed by atoms with Gasteiger partial charge in [-0.1, -0.05) is 61.2 Å². The van der Waals surface area contributed by atoms with E-state index in [0.717, 1.165) is 54.7 Å². The van der Waals surface area contributed by atoms with Gasteiger partial charge in [-0.2, -0.15) is 11.3 Å². The molecule has 0 aliphatic carbocycles. The first kappa shape index (κ1) is 33.4. The van der Waals surface area contributed by atoms with E-state index in [1.807, 2.05) is 86.6 Å². The summed E-state index contributed by atoms with van der Waals surface area (Å²) < 4.78 is 26.5. The molecule has 2 nitrogen and oxygen atoms in total. The summed E-state index contributed by atoms with van der Waals surface area (Å²) in [5, 5.41) is 1.90. The van der Waals surface area contributed by atoms with Gasteiger partial charge in [-0.05, 0) is 51.0 Å². The minimum Gasteiger partial charge on any atom is -0.305 e. The fourth-order valence-electron chi connectivity index (χ4n) is 5.71. The maximum absolute atomic E-state index is 15.1. The Kier molecular flexibility index (Phi) is 10.5. The number of hydrogen-bond acceptors (Lipinski definition) is 3. The van der Waals surface area contributed by atoms with Crippen molar-refractivity contribution in [2.24, 2.45) is 0 Å². The van der Waals surface area contributed by atoms with E-state index in [2.05, 4.69) is 70.7 Å². The first-order chi connectivity index (χ1) is 22.4. The molecule has 0 saturated carbocycles. The molecule has 0 atom stereocenters. The zero-order chi connectivity index (χ0) is 33.3. The summed E-state index contributed by atoms with van der Waals surface area (Å²) in [7, 11) is 0. The molecule has 0 N–H and O–H groups in total. The monoisotopic (exact) mass is 876 g/mol. The SMILES string of the molecule is Cc1cc(-c2[c-]cccc2)nc[c]1[Ge]([CH3])([CH3])[CH3].[2H]C(C)(C)c1ccnc(-c2[c-]ccc3c2sc2c(F)cc(-c4ccccc4)cc23)c1.[Ir]. The molecule has 3 heterocycles. The molecular formula is C41H37FGeIrN2S-2. The maximum atomic E-state index is 15.1. The molecule has 0 fully saturated rings. The zero-order valence-corrected chi connectivity index (χ0v) is 32.7. The van der Waals surface area contributed by atoms with Crippen molar-refractivity contribution in [3.63, 3.8) is 0 Å². The molecule has 6 heteroatoms. The Morgan fingerprint density at radius 3 is 2.23 bits per heavy atom. The largest absolute Gasteiger partial charge is 0.305 e. The third kappa shape index (κ3) is 7.65. The van der Waals surface area contributed by atoms with Crippen LogP contribution < -0.4 is 4.40 Å². The van der Waals surface area contributed by atoms with E-state index in [-0.39, 0.29) is 25.9 Å². The van der Waals surface area contributed by atoms with Crippen molar-refractivity contribution in [2.75, 3.05) is 0 Å². The minimum absolute atomic E-state index is 0. The van der Waals surface area contributed by atoms with Gasteiger partial charge in [0.1, 0.15) is 5.82 Å². The predicted octanol–water partition coefficient (Wildman–Crippen LogP) is 11.2. The smallest absolute Gasteiger partial charge is 0.140 e. The second kappa shape index (κ2) is 14.7. The van der Waals surface area contributed by atoms with Crippen LogP contribution in [-0.4, -0.2) is 23.2 Å². The van der Waals surface area contributed by atoms with Crippen LogP contribution in [0.2, 0.25) is 17.3 Å². The van der Waals surface area contributed by atoms with Crippen molar-refractivity contribution >= 4 is 49.2 Å². The number of nitrogens with zero attached hydrogens (tertiary/aromatic N) is 2. The van der Waals surface area contributed by atoms with Crippen molar-refractivity contribution in [2.45, 2.75) is 43.9 Å². The van der Waals surface area contributed by atoms with Crippen molar-refractivity contribution in [1.29, 1.82) is 0 Å². The Morgan fingerprint density at radius 1 is 0.787 bits per heavy atom. The molecule has 47 heavy (non-hydrogen) atoms. The number of benzene rings is 4. The van der Waals surface area contributed by atoms with Gasteiger partial charge < -0.3 is 4.98 Å². The van der Waals surface area contributed by atoms with Crippen LogP contribution >= 0.6 is 11.3 Å². The number of thiophene rings is 1. The molecule has 4 aromatic carbocycles. The van der Waals surface area contributed by atoms with Crippen LogP contribution in [0.15, 0.2) is 109 Å². The van der Waals surface area contributed by atoms with Crippen LogP contribution in [-0.2, 0) is 20.1 Å². The summed E-state index contributed by atoms with van der Waals surface area (Å²) in [6, 6.07) is 37.9. The number of halogens is 1. The third-order valence-electron chi connectivity index (χ3n) is 8.09. The number of aryl methyl sites for hydroxylation is 1. The van der Waals surface area contributed by atoms with Crippen LogP contribution in [0.25, 0.3) is 53.8 Å². The van der Waals surface area contributed by atoms with E-state index in [0.29, 0.717) is 4.70 Å². The number of fused-ring (bicyclic) bond motifs is 3. The molecule has 0 aliphatic rings. The summed E-state index contributed by atoms with van der Waals surface area (Å²) in [6.45, 7) is 5.91. The Hall–Kier alpha value is -3.48. The van der Waals surface area contributed by atoms with Crippen molar-refractivity contribution in [3.05, 3.63) is 139 Å². The first-order valence-electron chi connectivity index (χ1n) is 15.9. The van der Waals surface area contributed by atoms with Gasteiger partial charge in [-0.15, -0.1) is 23.8 Å². The summed E-state index contributed by atoms with van der Waals surface area (Å²) in [5.41, 5.74) is 7.82. The van der Waals surface area contributed by atoms with Gasteiger partial charge in [0.2, 0.25) is 0 Å². The first-order valence-corrected chi connectivity index (χ1v) is 23.6. The van der Waals surface area contributed by atoms with Gasteiger partial charge in [-0.25, -0.2) is 4.39 Å². The summed E-state index contributed by atoms with van der Waals surface area (Å²) in [5.74, 6) is 6.27. The molecule has 0 aliphatic heterocycles. The molecular weight excluding hydrogens is 836 g/mol. The van der Waals surface area contributed by atoms with Gasteiger partial charge in [0.05, 0.1) is 4.70 Å². The Balaban J connectivity index is 0.000000214. The number of hydrogen-bond donors (Lipinski definition) is 0. The van der Waals surface area contributed by atoms with Gasteiger partial charge in [0.15, 0.2) is 0 Å². The molecule has 1 radical (unpaired) electrons. The molecule has 7 aromatic rings. The molecule has 0 saturated heterocycles. The van der Waals surface area contributed by atoms with E-state index >= 15 is 4.39 Å². The van der Waals surface area contributed by atoms with E-state index < -0.39 is 19.2 Å². The average molecular weight is 875 g/mol. The van der Waals surface area contributed by atoms with Gasteiger partial charge in [0.25, 0.3) is 0 Å². The molecule has 0 amide bonds. The van der Waals surface area contributed by atoms with Gasteiger partial charge in [0, 0.05) is 27.7 Å². The van der Waals surface area contributed by atoms with E-state index in [1.54, 1.807) is 12.3 Å². The Bertz CT molecular complexity index is 2190. The maximum Gasteiger partial charge on any atom is 0.140 e. The van der Waals surface area contributed by atoms with Crippen molar-refractivity contribution in [1.82, 2.24) is 9.97 Å². The second-order valence-electron chi connectivity index (χ2n) is 12.7. The fourth-order valence-corrected chi connectivity index (χ4v) is 10.5. The molecule has 3 aromatic heterocycles. The quantitative estimate of drug-likeness (QED) is 0.127.